The van der Waals surface area contributed by atoms with Crippen molar-refractivity contribution in [2.24, 2.45) is 0 Å². The maximum Gasteiger partial charge on any atom is 0.522 e. The molecule has 2 saturated carbocycles. The highest BCUT2D eigenvalue weighted by Gasteiger charge is 2.44. The Hall–Kier alpha value is -0.730. The molecular weight excluding hydrogens is 397 g/mol. The van der Waals surface area contributed by atoms with Gasteiger partial charge in [-0.2, -0.15) is 21.6 Å². The van der Waals surface area contributed by atoms with Gasteiger partial charge < -0.3 is 0 Å². The van der Waals surface area contributed by atoms with Crippen molar-refractivity contribution < 1.29 is 26.1 Å². The van der Waals surface area contributed by atoms with E-state index in [0.29, 0.717) is 0 Å². The van der Waals surface area contributed by atoms with Gasteiger partial charge in [-0.3, -0.25) is 4.55 Å². The standard InChI is InChI=1S/C18H26S.CHF3O3S/c19-17-13-7-12-16(14-8-3-1-4-9-14)18(17)15-10-5-2-6-11-15;2-1(3,4)8(5,6)7/h7,12-15,19H,1-6,8-11H2;(H,5,6,7). The van der Waals surface area contributed by atoms with Crippen LogP contribution >= 0.6 is 12.6 Å². The minimum atomic E-state index is -5.84. The molecule has 0 amide bonds. The molecule has 0 spiro atoms. The smallest absolute Gasteiger partial charge is 0.279 e. The SMILES string of the molecule is O=S(=O)(O)C(F)(F)F.Sc1cccc(C2CCCCC2)c1C1CCCCC1. The first kappa shape index (κ1) is 22.6. The molecule has 1 aromatic carbocycles. The molecule has 0 unspecified atom stereocenters. The van der Waals surface area contributed by atoms with Crippen LogP contribution in [0.25, 0.3) is 0 Å². The lowest BCUT2D eigenvalue weighted by Gasteiger charge is -2.30. The summed E-state index contributed by atoms with van der Waals surface area (Å²) < 4.78 is 57.5. The Labute approximate surface area is 164 Å². The van der Waals surface area contributed by atoms with E-state index in [9.17, 15) is 13.2 Å². The van der Waals surface area contributed by atoms with Crippen LogP contribution in [0.1, 0.15) is 87.2 Å². The monoisotopic (exact) mass is 424 g/mol. The molecule has 0 bridgehead atoms. The maximum atomic E-state index is 10.7. The van der Waals surface area contributed by atoms with E-state index in [0.717, 1.165) is 11.8 Å². The van der Waals surface area contributed by atoms with Crippen molar-refractivity contribution in [2.75, 3.05) is 0 Å². The molecule has 2 aliphatic rings. The third-order valence-corrected chi connectivity index (χ3v) is 6.44. The summed E-state index contributed by atoms with van der Waals surface area (Å²) in [6.07, 6.45) is 14.1. The highest BCUT2D eigenvalue weighted by molar-refractivity contribution is 7.86. The van der Waals surface area contributed by atoms with Crippen molar-refractivity contribution in [1.82, 2.24) is 0 Å². The van der Waals surface area contributed by atoms with Gasteiger partial charge in [0.1, 0.15) is 0 Å². The van der Waals surface area contributed by atoms with Gasteiger partial charge in [0.25, 0.3) is 0 Å². The second-order valence-electron chi connectivity index (χ2n) is 7.37. The number of alkyl halides is 3. The molecule has 0 atom stereocenters. The summed E-state index contributed by atoms with van der Waals surface area (Å²) in [7, 11) is -5.84. The van der Waals surface area contributed by atoms with Crippen LogP contribution in [0.5, 0.6) is 0 Å². The Morgan fingerprint density at radius 1 is 0.889 bits per heavy atom. The molecule has 2 aliphatic carbocycles. The molecule has 3 rings (SSSR count). The summed E-state index contributed by atoms with van der Waals surface area (Å²) in [5.74, 6) is 1.61. The highest BCUT2D eigenvalue weighted by atomic mass is 32.2. The largest absolute Gasteiger partial charge is 0.522 e. The normalized spacial score (nSPS) is 20.0. The number of thiol groups is 1. The molecule has 0 heterocycles. The second-order valence-corrected chi connectivity index (χ2v) is 9.27. The molecule has 1 N–H and O–H groups in total. The lowest BCUT2D eigenvalue weighted by molar-refractivity contribution is -0.0510. The van der Waals surface area contributed by atoms with Crippen molar-refractivity contribution in [3.63, 3.8) is 0 Å². The van der Waals surface area contributed by atoms with Crippen LogP contribution in [0.2, 0.25) is 0 Å². The van der Waals surface area contributed by atoms with Gasteiger partial charge in [0.05, 0.1) is 0 Å². The Morgan fingerprint density at radius 2 is 1.33 bits per heavy atom. The summed E-state index contributed by atoms with van der Waals surface area (Å²) >= 11 is 4.80. The van der Waals surface area contributed by atoms with Crippen molar-refractivity contribution in [2.45, 2.75) is 86.4 Å². The van der Waals surface area contributed by atoms with Gasteiger partial charge in [0, 0.05) is 4.90 Å². The van der Waals surface area contributed by atoms with E-state index in [1.807, 2.05) is 0 Å². The van der Waals surface area contributed by atoms with E-state index in [-0.39, 0.29) is 0 Å². The van der Waals surface area contributed by atoms with E-state index in [4.69, 9.17) is 25.6 Å². The quantitative estimate of drug-likeness (QED) is 0.325. The van der Waals surface area contributed by atoms with Gasteiger partial charge in [-0.15, -0.1) is 12.6 Å². The van der Waals surface area contributed by atoms with Crippen LogP contribution in [0.15, 0.2) is 23.1 Å². The maximum absolute atomic E-state index is 10.7. The lowest BCUT2D eigenvalue weighted by atomic mass is 9.76. The zero-order valence-electron chi connectivity index (χ0n) is 15.2. The predicted molar refractivity (Wildman–Crippen MR) is 103 cm³/mol. The van der Waals surface area contributed by atoms with Crippen LogP contribution in [-0.2, 0) is 10.1 Å². The zero-order valence-corrected chi connectivity index (χ0v) is 16.9. The van der Waals surface area contributed by atoms with Crippen molar-refractivity contribution in [1.29, 1.82) is 0 Å². The average molecular weight is 425 g/mol. The minimum Gasteiger partial charge on any atom is -0.279 e. The summed E-state index contributed by atoms with van der Waals surface area (Å²) in [5.41, 5.74) is -2.26. The summed E-state index contributed by atoms with van der Waals surface area (Å²) in [5, 5.41) is 0. The average Bonchev–Trinajstić information content (AvgIpc) is 2.62. The minimum absolute atomic E-state index is 0.791. The molecule has 3 nitrogen and oxygen atoms in total. The third-order valence-electron chi connectivity index (χ3n) is 5.47. The molecule has 1 aromatic rings. The van der Waals surface area contributed by atoms with E-state index < -0.39 is 15.6 Å². The molecule has 0 saturated heterocycles. The van der Waals surface area contributed by atoms with E-state index in [2.05, 4.69) is 18.2 Å². The van der Waals surface area contributed by atoms with Crippen LogP contribution in [-0.4, -0.2) is 18.5 Å². The van der Waals surface area contributed by atoms with Gasteiger partial charge in [-0.1, -0.05) is 50.7 Å². The highest BCUT2D eigenvalue weighted by Crippen LogP contribution is 2.43. The number of hydrogen-bond acceptors (Lipinski definition) is 3. The lowest BCUT2D eigenvalue weighted by Crippen LogP contribution is -2.21. The van der Waals surface area contributed by atoms with Crippen molar-refractivity contribution in [3.05, 3.63) is 29.3 Å². The number of rotatable bonds is 2. The fourth-order valence-corrected chi connectivity index (χ4v) is 4.57. The second kappa shape index (κ2) is 9.65. The molecule has 2 fully saturated rings. The van der Waals surface area contributed by atoms with Crippen LogP contribution in [0.4, 0.5) is 13.2 Å². The topological polar surface area (TPSA) is 54.4 Å². The molecule has 0 aromatic heterocycles. The number of halogens is 3. The zero-order chi connectivity index (χ0) is 20.1. The van der Waals surface area contributed by atoms with Crippen LogP contribution < -0.4 is 0 Å². The van der Waals surface area contributed by atoms with E-state index >= 15 is 0 Å². The molecular formula is C19H27F3O3S2. The van der Waals surface area contributed by atoms with Gasteiger partial charge in [-0.25, -0.2) is 0 Å². The first-order valence-electron chi connectivity index (χ1n) is 9.46. The van der Waals surface area contributed by atoms with Crippen molar-refractivity contribution >= 4 is 22.7 Å². The van der Waals surface area contributed by atoms with E-state index in [1.54, 1.807) is 11.1 Å². The Balaban J connectivity index is 0.000000279. The summed E-state index contributed by atoms with van der Waals surface area (Å²) in [6.45, 7) is 0. The fraction of sp³-hybridized carbons (Fsp3) is 0.684. The Kier molecular flexibility index (Phi) is 8.06. The fourth-order valence-electron chi connectivity index (χ4n) is 4.18. The van der Waals surface area contributed by atoms with Gasteiger partial charge >= 0.3 is 15.6 Å². The van der Waals surface area contributed by atoms with Crippen LogP contribution in [0.3, 0.4) is 0 Å². The number of hydrogen-bond donors (Lipinski definition) is 2. The summed E-state index contributed by atoms with van der Waals surface area (Å²) in [6, 6.07) is 6.83. The van der Waals surface area contributed by atoms with Gasteiger partial charge in [0.15, 0.2) is 0 Å². The molecule has 0 aliphatic heterocycles. The summed E-state index contributed by atoms with van der Waals surface area (Å²) in [4.78, 5) is 1.26. The molecule has 8 heteroatoms. The first-order valence-corrected chi connectivity index (χ1v) is 11.4. The molecule has 154 valence electrons. The Morgan fingerprint density at radius 3 is 1.78 bits per heavy atom. The van der Waals surface area contributed by atoms with Gasteiger partial charge in [-0.05, 0) is 54.7 Å². The van der Waals surface area contributed by atoms with Crippen molar-refractivity contribution in [3.8, 4) is 0 Å². The Bertz CT molecular complexity index is 705. The number of benzene rings is 1. The predicted octanol–water partition coefficient (Wildman–Crippen LogP) is 6.46. The van der Waals surface area contributed by atoms with Crippen LogP contribution in [0, 0.1) is 0 Å². The first-order chi connectivity index (χ1) is 12.6. The molecule has 0 radical (unpaired) electrons. The third kappa shape index (κ3) is 6.39. The van der Waals surface area contributed by atoms with Gasteiger partial charge in [0.2, 0.25) is 0 Å². The van der Waals surface area contributed by atoms with E-state index in [1.165, 1.54) is 69.1 Å². The molecule has 27 heavy (non-hydrogen) atoms.